The first-order chi connectivity index (χ1) is 4.43. The van der Waals surface area contributed by atoms with Crippen molar-refractivity contribution in [3.8, 4) is 0 Å². The van der Waals surface area contributed by atoms with Gasteiger partial charge in [-0.2, -0.15) is 0 Å². The third-order valence-corrected chi connectivity index (χ3v) is 1.82. The first-order valence-corrected chi connectivity index (χ1v) is 3.71. The molecule has 1 aliphatic carbocycles. The van der Waals surface area contributed by atoms with Crippen LogP contribution in [0, 0.1) is 5.92 Å². The maximum Gasteiger partial charge on any atom is -0.0199 e. The Kier molecular flexibility index (Phi) is 2.56. The lowest BCUT2D eigenvalue weighted by atomic mass is 9.93. The fourth-order valence-corrected chi connectivity index (χ4v) is 1.29. The van der Waals surface area contributed by atoms with Crippen LogP contribution in [0.15, 0.2) is 24.8 Å². The Labute approximate surface area is 57.3 Å². The van der Waals surface area contributed by atoms with Gasteiger partial charge in [-0.1, -0.05) is 18.2 Å². The molecule has 1 aliphatic rings. The third-order valence-electron chi connectivity index (χ3n) is 1.82. The average molecular weight is 122 g/mol. The van der Waals surface area contributed by atoms with E-state index in [2.05, 4.69) is 18.7 Å². The van der Waals surface area contributed by atoms with E-state index in [9.17, 15) is 0 Å². The van der Waals surface area contributed by atoms with Crippen LogP contribution in [-0.4, -0.2) is 0 Å². The van der Waals surface area contributed by atoms with Gasteiger partial charge in [0, 0.05) is 0 Å². The smallest absolute Gasteiger partial charge is 0.0199 e. The lowest BCUT2D eigenvalue weighted by Crippen LogP contribution is -1.98. The summed E-state index contributed by atoms with van der Waals surface area (Å²) in [6.45, 7) is 3.72. The van der Waals surface area contributed by atoms with Crippen molar-refractivity contribution in [3.05, 3.63) is 24.8 Å². The van der Waals surface area contributed by atoms with E-state index in [0.29, 0.717) is 0 Å². The van der Waals surface area contributed by atoms with Gasteiger partial charge in [-0.3, -0.25) is 0 Å². The minimum Gasteiger partial charge on any atom is -0.103 e. The summed E-state index contributed by atoms with van der Waals surface area (Å²) in [7, 11) is 0. The van der Waals surface area contributed by atoms with Gasteiger partial charge in [0.25, 0.3) is 0 Å². The molecule has 0 bridgehead atoms. The Morgan fingerprint density at radius 2 is 2.56 bits per heavy atom. The molecule has 0 saturated carbocycles. The topological polar surface area (TPSA) is 0 Å². The van der Waals surface area contributed by atoms with Crippen molar-refractivity contribution >= 4 is 0 Å². The van der Waals surface area contributed by atoms with Crippen LogP contribution in [-0.2, 0) is 0 Å². The minimum absolute atomic E-state index is 0.802. The molecule has 1 atom stereocenters. The van der Waals surface area contributed by atoms with Crippen LogP contribution in [0.2, 0.25) is 0 Å². The summed E-state index contributed by atoms with van der Waals surface area (Å²) >= 11 is 0. The van der Waals surface area contributed by atoms with Gasteiger partial charge in [-0.25, -0.2) is 0 Å². The molecular weight excluding hydrogens is 108 g/mol. The second kappa shape index (κ2) is 3.49. The molecule has 0 nitrogen and oxygen atoms in total. The van der Waals surface area contributed by atoms with Crippen molar-refractivity contribution in [2.75, 3.05) is 0 Å². The third kappa shape index (κ3) is 2.05. The Morgan fingerprint density at radius 3 is 3.11 bits per heavy atom. The zero-order chi connectivity index (χ0) is 6.53. The van der Waals surface area contributed by atoms with Crippen LogP contribution in [0.3, 0.4) is 0 Å². The molecule has 9 heavy (non-hydrogen) atoms. The molecule has 0 heteroatoms. The lowest BCUT2D eigenvalue weighted by molar-refractivity contribution is 0.547. The lowest BCUT2D eigenvalue weighted by Gasteiger charge is -2.12. The van der Waals surface area contributed by atoms with E-state index in [4.69, 9.17) is 0 Å². The second-order valence-corrected chi connectivity index (χ2v) is 2.64. The van der Waals surface area contributed by atoms with Crippen LogP contribution >= 0.6 is 0 Å². The highest BCUT2D eigenvalue weighted by molar-refractivity contribution is 4.95. The summed E-state index contributed by atoms with van der Waals surface area (Å²) in [6, 6.07) is 0. The van der Waals surface area contributed by atoms with E-state index in [1.807, 2.05) is 6.08 Å². The van der Waals surface area contributed by atoms with E-state index >= 15 is 0 Å². The highest BCUT2D eigenvalue weighted by atomic mass is 14.1. The van der Waals surface area contributed by atoms with Crippen LogP contribution in [0.25, 0.3) is 0 Å². The molecule has 0 fully saturated rings. The number of hydrogen-bond donors (Lipinski definition) is 0. The Morgan fingerprint density at radius 1 is 1.67 bits per heavy atom. The first-order valence-electron chi connectivity index (χ1n) is 3.71. The number of hydrogen-bond acceptors (Lipinski definition) is 0. The van der Waals surface area contributed by atoms with Gasteiger partial charge in [-0.15, -0.1) is 6.58 Å². The van der Waals surface area contributed by atoms with Gasteiger partial charge in [0.2, 0.25) is 0 Å². The molecular formula is C9H14. The predicted octanol–water partition coefficient (Wildman–Crippen LogP) is 2.92. The van der Waals surface area contributed by atoms with Gasteiger partial charge >= 0.3 is 0 Å². The molecule has 0 N–H and O–H groups in total. The molecule has 50 valence electrons. The Balaban J connectivity index is 2.31. The van der Waals surface area contributed by atoms with E-state index in [-0.39, 0.29) is 0 Å². The quantitative estimate of drug-likeness (QED) is 0.494. The van der Waals surface area contributed by atoms with Crippen molar-refractivity contribution in [2.24, 2.45) is 5.92 Å². The molecule has 0 amide bonds. The molecule has 0 aliphatic heterocycles. The summed E-state index contributed by atoms with van der Waals surface area (Å²) in [5, 5.41) is 0. The monoisotopic (exact) mass is 122 g/mol. The van der Waals surface area contributed by atoms with Crippen molar-refractivity contribution in [2.45, 2.75) is 25.7 Å². The van der Waals surface area contributed by atoms with E-state index < -0.39 is 0 Å². The van der Waals surface area contributed by atoms with Crippen molar-refractivity contribution in [3.63, 3.8) is 0 Å². The van der Waals surface area contributed by atoms with Crippen molar-refractivity contribution in [1.29, 1.82) is 0 Å². The molecule has 0 saturated heterocycles. The zero-order valence-electron chi connectivity index (χ0n) is 5.84. The zero-order valence-corrected chi connectivity index (χ0v) is 5.84. The van der Waals surface area contributed by atoms with Gasteiger partial charge in [0.05, 0.1) is 0 Å². The van der Waals surface area contributed by atoms with E-state index in [1.54, 1.807) is 0 Å². The summed E-state index contributed by atoms with van der Waals surface area (Å²) in [5.74, 6) is 0.802. The fourth-order valence-electron chi connectivity index (χ4n) is 1.29. The normalized spacial score (nSPS) is 26.0. The Hall–Kier alpha value is -0.520. The summed E-state index contributed by atoms with van der Waals surface area (Å²) in [6.07, 6.45) is 11.8. The summed E-state index contributed by atoms with van der Waals surface area (Å²) < 4.78 is 0. The van der Waals surface area contributed by atoms with Crippen LogP contribution in [0.4, 0.5) is 0 Å². The largest absolute Gasteiger partial charge is 0.103 e. The maximum atomic E-state index is 3.72. The highest BCUT2D eigenvalue weighted by Gasteiger charge is 2.04. The van der Waals surface area contributed by atoms with E-state index in [1.165, 1.54) is 19.3 Å². The maximum absolute atomic E-state index is 3.72. The second-order valence-electron chi connectivity index (χ2n) is 2.64. The standard InChI is InChI=1S/C9H14/c1-2-6-9-7-4-3-5-8-9/h2,4,7,9H,1,3,5-6,8H2/t9-/m1/s1. The first kappa shape index (κ1) is 6.60. The van der Waals surface area contributed by atoms with Crippen molar-refractivity contribution < 1.29 is 0 Å². The average Bonchev–Trinajstić information content (AvgIpc) is 1.91. The van der Waals surface area contributed by atoms with Gasteiger partial charge < -0.3 is 0 Å². The van der Waals surface area contributed by atoms with Gasteiger partial charge in [0.15, 0.2) is 0 Å². The van der Waals surface area contributed by atoms with E-state index in [0.717, 1.165) is 12.3 Å². The molecule has 0 unspecified atom stereocenters. The summed E-state index contributed by atoms with van der Waals surface area (Å²) in [4.78, 5) is 0. The predicted molar refractivity (Wildman–Crippen MR) is 41.3 cm³/mol. The molecule has 0 aromatic rings. The summed E-state index contributed by atoms with van der Waals surface area (Å²) in [5.41, 5.74) is 0. The molecule has 0 spiro atoms. The molecule has 0 aromatic heterocycles. The molecule has 1 rings (SSSR count). The Bertz CT molecular complexity index is 111. The van der Waals surface area contributed by atoms with Crippen LogP contribution < -0.4 is 0 Å². The highest BCUT2D eigenvalue weighted by Crippen LogP contribution is 2.19. The SMILES string of the molecule is C=CC[C@@H]1C=CCCC1. The van der Waals surface area contributed by atoms with Crippen molar-refractivity contribution in [1.82, 2.24) is 0 Å². The van der Waals surface area contributed by atoms with Crippen LogP contribution in [0.1, 0.15) is 25.7 Å². The molecule has 0 aromatic carbocycles. The fraction of sp³-hybridized carbons (Fsp3) is 0.556. The van der Waals surface area contributed by atoms with Gasteiger partial charge in [0.1, 0.15) is 0 Å². The molecule has 0 radical (unpaired) electrons. The minimum atomic E-state index is 0.802. The van der Waals surface area contributed by atoms with Gasteiger partial charge in [-0.05, 0) is 31.6 Å². The molecule has 0 heterocycles. The number of allylic oxidation sites excluding steroid dienone is 3. The van der Waals surface area contributed by atoms with Crippen LogP contribution in [0.5, 0.6) is 0 Å². The number of rotatable bonds is 2.